The largest absolute Gasteiger partial charge is 0.466 e. The van der Waals surface area contributed by atoms with Crippen LogP contribution in [0.5, 0.6) is 0 Å². The third-order valence-electron chi connectivity index (χ3n) is 2.59. The van der Waals surface area contributed by atoms with Crippen molar-refractivity contribution in [2.75, 3.05) is 0 Å². The Kier molecular flexibility index (Phi) is 3.59. The first-order valence-corrected chi connectivity index (χ1v) is 6.38. The topological polar surface area (TPSA) is 13.1 Å². The fraction of sp³-hybridized carbons (Fsp3) is 0.231. The first-order chi connectivity index (χ1) is 7.99. The van der Waals surface area contributed by atoms with E-state index in [0.717, 1.165) is 22.6 Å². The van der Waals surface area contributed by atoms with Crippen LogP contribution in [0.4, 0.5) is 4.39 Å². The predicted molar refractivity (Wildman–Crippen MR) is 70.0 cm³/mol. The summed E-state index contributed by atoms with van der Waals surface area (Å²) in [4.78, 5) is 0. The summed E-state index contributed by atoms with van der Waals surface area (Å²) in [6.07, 6.45) is 0. The monoisotopic (exact) mass is 316 g/mol. The van der Waals surface area contributed by atoms with E-state index < -0.39 is 0 Å². The van der Waals surface area contributed by atoms with Crippen LogP contribution in [0.3, 0.4) is 0 Å². The average molecular weight is 318 g/mol. The van der Waals surface area contributed by atoms with Crippen LogP contribution in [0, 0.1) is 19.7 Å². The summed E-state index contributed by atoms with van der Waals surface area (Å²) in [5.41, 5.74) is 1.76. The van der Waals surface area contributed by atoms with Crippen molar-refractivity contribution in [2.24, 2.45) is 0 Å². The Morgan fingerprint density at radius 1 is 1.29 bits per heavy atom. The highest BCUT2D eigenvalue weighted by Crippen LogP contribution is 2.34. The van der Waals surface area contributed by atoms with E-state index in [4.69, 9.17) is 16.0 Å². The molecule has 0 saturated heterocycles. The Bertz CT molecular complexity index is 550. The van der Waals surface area contributed by atoms with Crippen LogP contribution in [0.25, 0.3) is 0 Å². The van der Waals surface area contributed by atoms with Gasteiger partial charge in [0.15, 0.2) is 0 Å². The van der Waals surface area contributed by atoms with Crippen LogP contribution in [0.15, 0.2) is 33.2 Å². The Balaban J connectivity index is 2.40. The van der Waals surface area contributed by atoms with E-state index in [1.807, 2.05) is 19.9 Å². The lowest BCUT2D eigenvalue weighted by molar-refractivity contribution is 0.501. The second-order valence-electron chi connectivity index (χ2n) is 3.90. The molecule has 0 N–H and O–H groups in total. The predicted octanol–water partition coefficient (Wildman–Crippen LogP) is 5.13. The van der Waals surface area contributed by atoms with Crippen molar-refractivity contribution in [1.82, 2.24) is 0 Å². The van der Waals surface area contributed by atoms with Crippen molar-refractivity contribution in [1.29, 1.82) is 0 Å². The van der Waals surface area contributed by atoms with Crippen LogP contribution >= 0.6 is 27.5 Å². The van der Waals surface area contributed by atoms with E-state index in [0.29, 0.717) is 4.47 Å². The molecule has 0 saturated carbocycles. The molecular formula is C13H11BrClFO. The molecule has 0 aliphatic rings. The van der Waals surface area contributed by atoms with Gasteiger partial charge in [-0.25, -0.2) is 4.39 Å². The van der Waals surface area contributed by atoms with Gasteiger partial charge in [-0.1, -0.05) is 6.07 Å². The first-order valence-electron chi connectivity index (χ1n) is 5.15. The van der Waals surface area contributed by atoms with Crippen LogP contribution in [0.2, 0.25) is 0 Å². The highest BCUT2D eigenvalue weighted by Gasteiger charge is 2.17. The number of halogens is 3. The molecule has 90 valence electrons. The van der Waals surface area contributed by atoms with E-state index in [9.17, 15) is 4.39 Å². The Morgan fingerprint density at radius 2 is 2.00 bits per heavy atom. The van der Waals surface area contributed by atoms with Crippen LogP contribution in [-0.2, 0) is 0 Å². The van der Waals surface area contributed by atoms with E-state index >= 15 is 0 Å². The van der Waals surface area contributed by atoms with Crippen molar-refractivity contribution in [2.45, 2.75) is 19.2 Å². The first kappa shape index (κ1) is 12.7. The summed E-state index contributed by atoms with van der Waals surface area (Å²) in [6.45, 7) is 3.75. The van der Waals surface area contributed by atoms with Gasteiger partial charge < -0.3 is 4.42 Å². The van der Waals surface area contributed by atoms with Gasteiger partial charge in [-0.15, -0.1) is 11.6 Å². The Morgan fingerprint density at radius 3 is 2.53 bits per heavy atom. The number of hydrogen-bond acceptors (Lipinski definition) is 1. The van der Waals surface area contributed by atoms with Crippen LogP contribution < -0.4 is 0 Å². The van der Waals surface area contributed by atoms with Gasteiger partial charge >= 0.3 is 0 Å². The molecule has 2 rings (SSSR count). The molecule has 0 spiro atoms. The van der Waals surface area contributed by atoms with Crippen molar-refractivity contribution in [3.8, 4) is 0 Å². The average Bonchev–Trinajstić information content (AvgIpc) is 2.61. The molecule has 0 radical (unpaired) electrons. The number of hydrogen-bond donors (Lipinski definition) is 0. The minimum Gasteiger partial charge on any atom is -0.466 e. The molecule has 1 unspecified atom stereocenters. The summed E-state index contributed by atoms with van der Waals surface area (Å²) in [7, 11) is 0. The zero-order valence-electron chi connectivity index (χ0n) is 9.43. The van der Waals surface area contributed by atoms with Crippen molar-refractivity contribution >= 4 is 27.5 Å². The highest BCUT2D eigenvalue weighted by atomic mass is 79.9. The molecule has 0 bridgehead atoms. The number of furan rings is 1. The molecule has 1 heterocycles. The van der Waals surface area contributed by atoms with Gasteiger partial charge in [0.05, 0.1) is 9.85 Å². The zero-order valence-corrected chi connectivity index (χ0v) is 11.8. The van der Waals surface area contributed by atoms with Gasteiger partial charge in [0, 0.05) is 5.56 Å². The fourth-order valence-corrected chi connectivity index (χ4v) is 2.50. The Hall–Kier alpha value is -0.800. The molecule has 1 atom stereocenters. The SMILES string of the molecule is Cc1cc(C(Cl)c2ccc(F)c(Br)c2)c(C)o1. The van der Waals surface area contributed by atoms with Crippen molar-refractivity contribution in [3.05, 3.63) is 57.2 Å². The second kappa shape index (κ2) is 4.83. The van der Waals surface area contributed by atoms with Gasteiger partial charge in [0.25, 0.3) is 0 Å². The number of alkyl halides is 1. The summed E-state index contributed by atoms with van der Waals surface area (Å²) in [6, 6.07) is 6.68. The molecule has 17 heavy (non-hydrogen) atoms. The lowest BCUT2D eigenvalue weighted by Gasteiger charge is -2.09. The molecule has 1 aromatic heterocycles. The maximum Gasteiger partial charge on any atom is 0.137 e. The molecule has 0 amide bonds. The highest BCUT2D eigenvalue weighted by molar-refractivity contribution is 9.10. The van der Waals surface area contributed by atoms with Gasteiger partial charge in [-0.3, -0.25) is 0 Å². The molecule has 2 aromatic rings. The smallest absolute Gasteiger partial charge is 0.137 e. The standard InChI is InChI=1S/C13H11BrClFO/c1-7-5-10(8(2)17-7)13(15)9-3-4-12(16)11(14)6-9/h3-6,13H,1-2H3. The summed E-state index contributed by atoms with van der Waals surface area (Å²) in [5, 5.41) is -0.329. The quantitative estimate of drug-likeness (QED) is 0.700. The third kappa shape index (κ3) is 2.55. The van der Waals surface area contributed by atoms with Crippen molar-refractivity contribution in [3.63, 3.8) is 0 Å². The molecular weight excluding hydrogens is 306 g/mol. The van der Waals surface area contributed by atoms with E-state index in [2.05, 4.69) is 15.9 Å². The van der Waals surface area contributed by atoms with Gasteiger partial charge in [0.2, 0.25) is 0 Å². The van der Waals surface area contributed by atoms with Crippen LogP contribution in [-0.4, -0.2) is 0 Å². The minimum absolute atomic E-state index is 0.294. The minimum atomic E-state index is -0.329. The maximum atomic E-state index is 13.1. The third-order valence-corrected chi connectivity index (χ3v) is 3.68. The van der Waals surface area contributed by atoms with Gasteiger partial charge in [-0.05, 0) is 53.5 Å². The summed E-state index contributed by atoms with van der Waals surface area (Å²) in [5.74, 6) is 1.32. The van der Waals surface area contributed by atoms with Crippen LogP contribution in [0.1, 0.15) is 28.0 Å². The van der Waals surface area contributed by atoms with Gasteiger partial charge in [0.1, 0.15) is 17.3 Å². The lowest BCUT2D eigenvalue weighted by atomic mass is 10.0. The fourth-order valence-electron chi connectivity index (χ4n) is 1.75. The zero-order chi connectivity index (χ0) is 12.6. The van der Waals surface area contributed by atoms with E-state index in [1.54, 1.807) is 12.1 Å². The normalized spacial score (nSPS) is 12.8. The molecule has 1 nitrogen and oxygen atoms in total. The maximum absolute atomic E-state index is 13.1. The van der Waals surface area contributed by atoms with E-state index in [1.165, 1.54) is 6.07 Å². The van der Waals surface area contributed by atoms with E-state index in [-0.39, 0.29) is 11.2 Å². The molecule has 0 fully saturated rings. The lowest BCUT2D eigenvalue weighted by Crippen LogP contribution is -1.94. The molecule has 0 aliphatic carbocycles. The number of rotatable bonds is 2. The number of aryl methyl sites for hydroxylation is 2. The Labute approximate surface area is 113 Å². The number of benzene rings is 1. The summed E-state index contributed by atoms with van der Waals surface area (Å²) >= 11 is 9.52. The van der Waals surface area contributed by atoms with Gasteiger partial charge in [-0.2, -0.15) is 0 Å². The van der Waals surface area contributed by atoms with Crippen molar-refractivity contribution < 1.29 is 8.81 Å². The summed E-state index contributed by atoms with van der Waals surface area (Å²) < 4.78 is 19.0. The molecule has 4 heteroatoms. The second-order valence-corrected chi connectivity index (χ2v) is 5.20. The molecule has 1 aromatic carbocycles. The molecule has 0 aliphatic heterocycles.